The fraction of sp³-hybridized carbons (Fsp3) is 1.00. The van der Waals surface area contributed by atoms with Crippen LogP contribution in [-0.2, 0) is 0 Å². The largest absolute Gasteiger partial charge is 0.252 e. The summed E-state index contributed by atoms with van der Waals surface area (Å²) in [6, 6.07) is 0. The lowest BCUT2D eigenvalue weighted by Crippen LogP contribution is -2.16. The summed E-state index contributed by atoms with van der Waals surface area (Å²) in [7, 11) is -5.90. The van der Waals surface area contributed by atoms with E-state index in [1.54, 1.807) is 0 Å². The van der Waals surface area contributed by atoms with E-state index in [-0.39, 0.29) is 0 Å². The Hall–Kier alpha value is 0.450. The Morgan fingerprint density at radius 3 is 0.889 bits per heavy atom. The highest BCUT2D eigenvalue weighted by Crippen LogP contribution is 2.72. The van der Waals surface area contributed by atoms with Gasteiger partial charge in [0, 0.05) is 39.3 Å². The molecule has 3 saturated heterocycles. The number of rotatable bonds is 0. The zero-order valence-electron chi connectivity index (χ0n) is 9.93. The Morgan fingerprint density at radius 2 is 0.667 bits per heavy atom. The molecule has 0 aliphatic carbocycles. The quantitative estimate of drug-likeness (QED) is 0.362. The first-order valence-electron chi connectivity index (χ1n) is 6.16. The van der Waals surface area contributed by atoms with Gasteiger partial charge in [0.05, 0.1) is 0 Å². The third kappa shape index (κ3) is 1.90. The Labute approximate surface area is 106 Å². The predicted molar refractivity (Wildman–Crippen MR) is 76.1 cm³/mol. The summed E-state index contributed by atoms with van der Waals surface area (Å²) in [6.07, 6.45) is 0. The third-order valence-electron chi connectivity index (χ3n) is 3.15. The van der Waals surface area contributed by atoms with Gasteiger partial charge in [0.25, 0.3) is 0 Å². The molecular weight excluding hydrogens is 291 g/mol. The first-order chi connectivity index (χ1) is 8.74. The zero-order chi connectivity index (χ0) is 12.1. The second-order valence-electron chi connectivity index (χ2n) is 4.52. The van der Waals surface area contributed by atoms with Crippen molar-refractivity contribution in [1.82, 2.24) is 30.5 Å². The molecule has 4 aliphatic heterocycles. The van der Waals surface area contributed by atoms with E-state index in [0.717, 1.165) is 39.3 Å². The molecular formula is C6H18N9P3. The summed E-state index contributed by atoms with van der Waals surface area (Å²) < 4.78 is 14.9. The molecule has 0 aromatic carbocycles. The summed E-state index contributed by atoms with van der Waals surface area (Å²) in [5, 5.41) is 20.9. The first-order valence-corrected chi connectivity index (χ1v) is 11.2. The fourth-order valence-corrected chi connectivity index (χ4v) is 14.2. The van der Waals surface area contributed by atoms with Crippen LogP contribution in [0.5, 0.6) is 0 Å². The maximum atomic E-state index is 4.95. The van der Waals surface area contributed by atoms with E-state index >= 15 is 0 Å². The van der Waals surface area contributed by atoms with Gasteiger partial charge in [-0.05, 0) is 0 Å². The highest BCUT2D eigenvalue weighted by Gasteiger charge is 2.40. The average molecular weight is 309 g/mol. The average Bonchev–Trinajstić information content (AvgIpc) is 3.03. The van der Waals surface area contributed by atoms with Crippen molar-refractivity contribution in [1.29, 1.82) is 0 Å². The van der Waals surface area contributed by atoms with E-state index in [4.69, 9.17) is 13.5 Å². The maximum absolute atomic E-state index is 4.95. The van der Waals surface area contributed by atoms with Crippen molar-refractivity contribution >= 4 is 22.5 Å². The van der Waals surface area contributed by atoms with Gasteiger partial charge in [0.2, 0.25) is 22.5 Å². The molecule has 3 spiro atoms. The van der Waals surface area contributed by atoms with Crippen molar-refractivity contribution < 1.29 is 0 Å². The lowest BCUT2D eigenvalue weighted by atomic mass is 10.7. The Balaban J connectivity index is 1.92. The molecule has 4 aliphatic rings. The van der Waals surface area contributed by atoms with E-state index in [1.165, 1.54) is 0 Å². The van der Waals surface area contributed by atoms with E-state index in [0.29, 0.717) is 0 Å². The lowest BCUT2D eigenvalue weighted by Gasteiger charge is -2.30. The molecule has 0 aromatic rings. The molecule has 0 aromatic heterocycles. The highest BCUT2D eigenvalue weighted by atomic mass is 31.3. The van der Waals surface area contributed by atoms with Crippen LogP contribution in [0, 0.1) is 0 Å². The zero-order valence-corrected chi connectivity index (χ0v) is 12.6. The third-order valence-corrected chi connectivity index (χ3v) is 13.3. The highest BCUT2D eigenvalue weighted by molar-refractivity contribution is 7.83. The van der Waals surface area contributed by atoms with E-state index in [2.05, 4.69) is 30.5 Å². The number of nitrogens with one attached hydrogen (secondary N) is 6. The van der Waals surface area contributed by atoms with Crippen LogP contribution in [0.2, 0.25) is 0 Å². The van der Waals surface area contributed by atoms with Crippen LogP contribution in [0.25, 0.3) is 0 Å². The summed E-state index contributed by atoms with van der Waals surface area (Å²) in [6.45, 7) is 5.59. The second-order valence-corrected chi connectivity index (χ2v) is 12.2. The molecule has 0 atom stereocenters. The van der Waals surface area contributed by atoms with Crippen molar-refractivity contribution in [2.45, 2.75) is 0 Å². The summed E-state index contributed by atoms with van der Waals surface area (Å²) in [5.74, 6) is 0. The summed E-state index contributed by atoms with van der Waals surface area (Å²) in [4.78, 5) is 0. The normalized spacial score (nSPS) is 34.7. The first kappa shape index (κ1) is 12.2. The van der Waals surface area contributed by atoms with Crippen molar-refractivity contribution in [2.24, 2.45) is 13.5 Å². The fourth-order valence-electron chi connectivity index (χ4n) is 2.43. The molecule has 9 nitrogen and oxygen atoms in total. The molecule has 0 unspecified atom stereocenters. The van der Waals surface area contributed by atoms with Gasteiger partial charge in [0.1, 0.15) is 0 Å². The van der Waals surface area contributed by atoms with Crippen molar-refractivity contribution in [2.75, 3.05) is 39.3 Å². The Kier molecular flexibility index (Phi) is 2.86. The van der Waals surface area contributed by atoms with Crippen LogP contribution < -0.4 is 30.5 Å². The van der Waals surface area contributed by atoms with Gasteiger partial charge in [-0.25, -0.2) is 0 Å². The molecule has 0 saturated carbocycles. The van der Waals surface area contributed by atoms with Crippen molar-refractivity contribution in [3.05, 3.63) is 0 Å². The molecule has 6 N–H and O–H groups in total. The van der Waals surface area contributed by atoms with Crippen LogP contribution in [-0.4, -0.2) is 39.3 Å². The monoisotopic (exact) mass is 309 g/mol. The minimum Gasteiger partial charge on any atom is -0.252 e. The van der Waals surface area contributed by atoms with Gasteiger partial charge in [0.15, 0.2) is 0 Å². The van der Waals surface area contributed by atoms with Crippen molar-refractivity contribution in [3.8, 4) is 0 Å². The minimum absolute atomic E-state index is 0.931. The van der Waals surface area contributed by atoms with Gasteiger partial charge >= 0.3 is 0 Å². The van der Waals surface area contributed by atoms with Crippen LogP contribution in [0.15, 0.2) is 13.5 Å². The van der Waals surface area contributed by atoms with Gasteiger partial charge in [-0.2, -0.15) is 13.5 Å². The minimum atomic E-state index is -1.97. The Bertz CT molecular complexity index is 416. The number of hydrogen-bond acceptors (Lipinski definition) is 9. The van der Waals surface area contributed by atoms with Gasteiger partial charge in [-0.15, -0.1) is 0 Å². The topological polar surface area (TPSA) is 109 Å². The molecule has 12 heteroatoms. The Morgan fingerprint density at radius 1 is 0.444 bits per heavy atom. The van der Waals surface area contributed by atoms with Gasteiger partial charge in [-0.1, -0.05) is 0 Å². The lowest BCUT2D eigenvalue weighted by molar-refractivity contribution is 0.942. The maximum Gasteiger partial charge on any atom is 0.216 e. The van der Waals surface area contributed by atoms with Gasteiger partial charge < -0.3 is 0 Å². The standard InChI is InChI=1S/C6H18N9P3/c1-2-8-16(7-1)13-17(9-3-4-10-17)15-18(14-16)11-5-6-12-18/h7-12H,1-6H2. The molecule has 0 amide bonds. The molecule has 4 rings (SSSR count). The van der Waals surface area contributed by atoms with Gasteiger partial charge in [-0.3, -0.25) is 30.5 Å². The predicted octanol–water partition coefficient (Wildman–Crippen LogP) is 0.417. The van der Waals surface area contributed by atoms with Crippen LogP contribution in [0.4, 0.5) is 0 Å². The summed E-state index contributed by atoms with van der Waals surface area (Å²) in [5.41, 5.74) is 0. The van der Waals surface area contributed by atoms with E-state index in [1.807, 2.05) is 0 Å². The van der Waals surface area contributed by atoms with Crippen molar-refractivity contribution in [3.63, 3.8) is 0 Å². The van der Waals surface area contributed by atoms with E-state index in [9.17, 15) is 0 Å². The summed E-state index contributed by atoms with van der Waals surface area (Å²) >= 11 is 0. The molecule has 3 fully saturated rings. The molecule has 0 radical (unpaired) electrons. The smallest absolute Gasteiger partial charge is 0.216 e. The van der Waals surface area contributed by atoms with Crippen LogP contribution in [0.1, 0.15) is 0 Å². The number of nitrogens with zero attached hydrogens (tertiary/aromatic N) is 3. The molecule has 0 bridgehead atoms. The van der Waals surface area contributed by atoms with E-state index < -0.39 is 22.5 Å². The molecule has 102 valence electrons. The van der Waals surface area contributed by atoms with Crippen LogP contribution in [0.3, 0.4) is 0 Å². The molecule has 4 heterocycles. The SMILES string of the molecule is C1CNP2(=NP3(=NP4(=N2)NCCN4)NCCN3)N1. The second kappa shape index (κ2) is 4.22. The van der Waals surface area contributed by atoms with Crippen LogP contribution >= 0.6 is 22.5 Å². The molecule has 18 heavy (non-hydrogen) atoms. The number of hydrogen-bond donors (Lipinski definition) is 6.